The highest BCUT2D eigenvalue weighted by molar-refractivity contribution is 9.10. The van der Waals surface area contributed by atoms with Gasteiger partial charge in [-0.3, -0.25) is 4.98 Å². The predicted molar refractivity (Wildman–Crippen MR) is 81.0 cm³/mol. The van der Waals surface area contributed by atoms with E-state index in [9.17, 15) is 5.11 Å². The summed E-state index contributed by atoms with van der Waals surface area (Å²) >= 11 is 6.74. The van der Waals surface area contributed by atoms with Gasteiger partial charge in [-0.15, -0.1) is 0 Å². The van der Waals surface area contributed by atoms with Crippen molar-refractivity contribution in [2.24, 2.45) is 0 Å². The number of hydrogen-bond acceptors (Lipinski definition) is 3. The molecule has 0 aliphatic carbocycles. The molecule has 2 aromatic rings. The summed E-state index contributed by atoms with van der Waals surface area (Å²) in [6, 6.07) is 9.39. The van der Waals surface area contributed by atoms with Crippen LogP contribution in [0, 0.1) is 0 Å². The van der Waals surface area contributed by atoms with E-state index < -0.39 is 6.10 Å². The fourth-order valence-electron chi connectivity index (χ4n) is 1.62. The van der Waals surface area contributed by atoms with E-state index in [0.717, 1.165) is 20.2 Å². The van der Waals surface area contributed by atoms with E-state index in [4.69, 9.17) is 4.74 Å². The maximum Gasteiger partial charge on any atom is 0.130 e. The molecule has 1 aromatic heterocycles. The molecule has 0 radical (unpaired) electrons. The lowest BCUT2D eigenvalue weighted by molar-refractivity contribution is 0.190. The Morgan fingerprint density at radius 2 is 1.95 bits per heavy atom. The van der Waals surface area contributed by atoms with Crippen LogP contribution >= 0.6 is 31.9 Å². The van der Waals surface area contributed by atoms with Crippen molar-refractivity contribution in [3.8, 4) is 5.75 Å². The number of rotatable bonds is 4. The maximum absolute atomic E-state index is 9.71. The van der Waals surface area contributed by atoms with Gasteiger partial charge in [0.1, 0.15) is 12.4 Å². The van der Waals surface area contributed by atoms with E-state index in [0.29, 0.717) is 12.4 Å². The zero-order chi connectivity index (χ0) is 13.8. The lowest BCUT2D eigenvalue weighted by atomic mass is 10.1. The molecule has 3 nitrogen and oxygen atoms in total. The molecule has 0 fully saturated rings. The van der Waals surface area contributed by atoms with Crippen LogP contribution in [-0.2, 0) is 6.61 Å². The van der Waals surface area contributed by atoms with Gasteiger partial charge in [0.25, 0.3) is 0 Å². The van der Waals surface area contributed by atoms with Crippen molar-refractivity contribution in [3.63, 3.8) is 0 Å². The first-order valence-corrected chi connectivity index (χ1v) is 7.35. The van der Waals surface area contributed by atoms with E-state index in [2.05, 4.69) is 36.8 Å². The molecule has 0 amide bonds. The Morgan fingerprint density at radius 3 is 2.58 bits per heavy atom. The lowest BCUT2D eigenvalue weighted by Gasteiger charge is -2.13. The number of benzene rings is 1. The van der Waals surface area contributed by atoms with E-state index >= 15 is 0 Å². The third kappa shape index (κ3) is 4.03. The monoisotopic (exact) mass is 385 g/mol. The minimum absolute atomic E-state index is 0.365. The van der Waals surface area contributed by atoms with Crippen LogP contribution in [0.15, 0.2) is 45.5 Å². The topological polar surface area (TPSA) is 42.4 Å². The van der Waals surface area contributed by atoms with Gasteiger partial charge >= 0.3 is 0 Å². The quantitative estimate of drug-likeness (QED) is 0.854. The molecule has 0 saturated heterocycles. The number of halogens is 2. The highest BCUT2D eigenvalue weighted by Gasteiger charge is 2.10. The Bertz CT molecular complexity index is 556. The molecular weight excluding hydrogens is 374 g/mol. The standard InChI is InChI=1S/C14H13Br2NO2/c1-9(18)13-5-3-10(15)6-14(13)19-8-12-4-2-11(16)7-17-12/h2-7,9,18H,8H2,1H3/t9-/m1/s1. The summed E-state index contributed by atoms with van der Waals surface area (Å²) in [6.07, 6.45) is 1.16. The van der Waals surface area contributed by atoms with Crippen LogP contribution in [0.2, 0.25) is 0 Å². The van der Waals surface area contributed by atoms with Crippen LogP contribution in [0.3, 0.4) is 0 Å². The summed E-state index contributed by atoms with van der Waals surface area (Å²) in [6.45, 7) is 2.08. The van der Waals surface area contributed by atoms with Crippen LogP contribution < -0.4 is 4.74 Å². The number of pyridine rings is 1. The van der Waals surface area contributed by atoms with Crippen LogP contribution in [-0.4, -0.2) is 10.1 Å². The smallest absolute Gasteiger partial charge is 0.130 e. The number of hydrogen-bond donors (Lipinski definition) is 1. The average Bonchev–Trinajstić information content (AvgIpc) is 2.38. The van der Waals surface area contributed by atoms with Crippen molar-refractivity contribution in [1.82, 2.24) is 4.98 Å². The maximum atomic E-state index is 9.71. The van der Waals surface area contributed by atoms with Gasteiger partial charge in [0.15, 0.2) is 0 Å². The van der Waals surface area contributed by atoms with E-state index in [1.807, 2.05) is 30.3 Å². The average molecular weight is 387 g/mol. The molecule has 1 heterocycles. The molecule has 0 aliphatic rings. The molecule has 100 valence electrons. The minimum atomic E-state index is -0.569. The molecular formula is C14H13Br2NO2. The molecule has 0 aliphatic heterocycles. The molecule has 0 spiro atoms. The summed E-state index contributed by atoms with van der Waals surface area (Å²) in [5.41, 5.74) is 1.60. The highest BCUT2D eigenvalue weighted by Crippen LogP contribution is 2.29. The zero-order valence-corrected chi connectivity index (χ0v) is 13.5. The number of aliphatic hydroxyl groups excluding tert-OH is 1. The first kappa shape index (κ1) is 14.5. The van der Waals surface area contributed by atoms with Gasteiger partial charge in [0.05, 0.1) is 11.8 Å². The molecule has 1 aromatic carbocycles. The van der Waals surface area contributed by atoms with Crippen LogP contribution in [0.5, 0.6) is 5.75 Å². The Kier molecular flexibility index (Phi) is 4.96. The Morgan fingerprint density at radius 1 is 1.21 bits per heavy atom. The Labute approximate surface area is 128 Å². The summed E-state index contributed by atoms with van der Waals surface area (Å²) in [5.74, 6) is 0.661. The van der Waals surface area contributed by atoms with Gasteiger partial charge in [-0.2, -0.15) is 0 Å². The van der Waals surface area contributed by atoms with Crippen molar-refractivity contribution < 1.29 is 9.84 Å². The van der Waals surface area contributed by atoms with Crippen LogP contribution in [0.25, 0.3) is 0 Å². The Hall–Kier alpha value is -0.910. The van der Waals surface area contributed by atoms with Crippen molar-refractivity contribution in [3.05, 3.63) is 56.7 Å². The van der Waals surface area contributed by atoms with Gasteiger partial charge in [-0.25, -0.2) is 0 Å². The summed E-state index contributed by atoms with van der Waals surface area (Å²) in [5, 5.41) is 9.71. The predicted octanol–water partition coefficient (Wildman–Crippen LogP) is 4.24. The van der Waals surface area contributed by atoms with Gasteiger partial charge in [-0.05, 0) is 47.1 Å². The largest absolute Gasteiger partial charge is 0.487 e. The molecule has 19 heavy (non-hydrogen) atoms. The fraction of sp³-hybridized carbons (Fsp3) is 0.214. The van der Waals surface area contributed by atoms with Crippen LogP contribution in [0.4, 0.5) is 0 Å². The highest BCUT2D eigenvalue weighted by atomic mass is 79.9. The van der Waals surface area contributed by atoms with Gasteiger partial charge < -0.3 is 9.84 Å². The first-order chi connectivity index (χ1) is 9.06. The second-order valence-corrected chi connectivity index (χ2v) is 5.95. The van der Waals surface area contributed by atoms with E-state index in [1.165, 1.54) is 0 Å². The zero-order valence-electron chi connectivity index (χ0n) is 10.3. The number of aliphatic hydroxyl groups is 1. The molecule has 0 bridgehead atoms. The summed E-state index contributed by atoms with van der Waals surface area (Å²) in [4.78, 5) is 4.24. The lowest BCUT2D eigenvalue weighted by Crippen LogP contribution is -2.02. The molecule has 0 saturated carbocycles. The third-order valence-electron chi connectivity index (χ3n) is 2.59. The summed E-state index contributed by atoms with van der Waals surface area (Å²) in [7, 11) is 0. The van der Waals surface area contributed by atoms with E-state index in [-0.39, 0.29) is 0 Å². The molecule has 1 atom stereocenters. The second kappa shape index (κ2) is 6.50. The molecule has 0 unspecified atom stereocenters. The minimum Gasteiger partial charge on any atom is -0.487 e. The van der Waals surface area contributed by atoms with Crippen molar-refractivity contribution >= 4 is 31.9 Å². The van der Waals surface area contributed by atoms with E-state index in [1.54, 1.807) is 13.1 Å². The van der Waals surface area contributed by atoms with Gasteiger partial charge in [0.2, 0.25) is 0 Å². The number of ether oxygens (including phenoxy) is 1. The fourth-order valence-corrected chi connectivity index (χ4v) is 2.20. The van der Waals surface area contributed by atoms with Gasteiger partial charge in [-0.1, -0.05) is 22.0 Å². The van der Waals surface area contributed by atoms with Crippen molar-refractivity contribution in [2.75, 3.05) is 0 Å². The molecule has 2 rings (SSSR count). The SMILES string of the molecule is C[C@@H](O)c1ccc(Br)cc1OCc1ccc(Br)cn1. The first-order valence-electron chi connectivity index (χ1n) is 5.77. The van der Waals surface area contributed by atoms with Crippen molar-refractivity contribution in [2.45, 2.75) is 19.6 Å². The second-order valence-electron chi connectivity index (χ2n) is 4.11. The third-order valence-corrected chi connectivity index (χ3v) is 3.55. The number of aromatic nitrogens is 1. The molecule has 1 N–H and O–H groups in total. The molecule has 5 heteroatoms. The van der Waals surface area contributed by atoms with Crippen LogP contribution in [0.1, 0.15) is 24.3 Å². The van der Waals surface area contributed by atoms with Gasteiger partial charge in [0, 0.05) is 20.7 Å². The Balaban J connectivity index is 2.14. The van der Waals surface area contributed by atoms with Crippen molar-refractivity contribution in [1.29, 1.82) is 0 Å². The normalized spacial score (nSPS) is 12.2. The summed E-state index contributed by atoms with van der Waals surface area (Å²) < 4.78 is 7.58. The number of nitrogens with zero attached hydrogens (tertiary/aromatic N) is 1.